The average molecular weight is 280 g/mol. The summed E-state index contributed by atoms with van der Waals surface area (Å²) in [5.74, 6) is -23.7. The van der Waals surface area contributed by atoms with Crippen LogP contribution in [0.3, 0.4) is 0 Å². The molecule has 0 aliphatic heterocycles. The first-order chi connectivity index (χ1) is 6.69. The van der Waals surface area contributed by atoms with Gasteiger partial charge in [-0.1, -0.05) is 0 Å². The van der Waals surface area contributed by atoms with E-state index in [9.17, 15) is 39.9 Å². The van der Waals surface area contributed by atoms with Gasteiger partial charge < -0.3 is 5.11 Å². The Labute approximate surface area is 86.8 Å². The van der Waals surface area contributed by atoms with Gasteiger partial charge in [-0.3, -0.25) is 0 Å². The monoisotopic (exact) mass is 280 g/mol. The molecule has 0 aromatic rings. The van der Waals surface area contributed by atoms with E-state index < -0.39 is 29.1 Å². The van der Waals surface area contributed by atoms with Gasteiger partial charge in [0.2, 0.25) is 0 Å². The van der Waals surface area contributed by atoms with Crippen molar-refractivity contribution < 1.29 is 45.0 Å². The fourth-order valence-corrected chi connectivity index (χ4v) is 0.628. The summed E-state index contributed by atoms with van der Waals surface area (Å²) in [6.45, 7) is 0. The molecule has 0 radical (unpaired) electrons. The van der Waals surface area contributed by atoms with Gasteiger partial charge in [0.15, 0.2) is 0 Å². The third kappa shape index (κ3) is 1.89. The molecular formula is C5HClF8O2. The van der Waals surface area contributed by atoms with E-state index in [1.807, 2.05) is 0 Å². The van der Waals surface area contributed by atoms with Gasteiger partial charge in [0.1, 0.15) is 0 Å². The third-order valence-electron chi connectivity index (χ3n) is 1.41. The van der Waals surface area contributed by atoms with Gasteiger partial charge in [-0.2, -0.15) is 35.1 Å². The predicted octanol–water partition coefficient (Wildman–Crippen LogP) is 2.81. The highest BCUT2D eigenvalue weighted by atomic mass is 35.5. The number of carboxylic acid groups (broad SMARTS) is 1. The van der Waals surface area contributed by atoms with Crippen LogP contribution in [0.1, 0.15) is 0 Å². The fourth-order valence-electron chi connectivity index (χ4n) is 0.509. The van der Waals surface area contributed by atoms with E-state index in [0.29, 0.717) is 0 Å². The third-order valence-corrected chi connectivity index (χ3v) is 1.65. The Morgan fingerprint density at radius 1 is 0.875 bits per heavy atom. The van der Waals surface area contributed by atoms with Gasteiger partial charge >= 0.3 is 29.1 Å². The van der Waals surface area contributed by atoms with Crippen LogP contribution in [0.4, 0.5) is 35.1 Å². The van der Waals surface area contributed by atoms with E-state index in [1.165, 1.54) is 0 Å². The van der Waals surface area contributed by atoms with Crippen molar-refractivity contribution in [1.82, 2.24) is 0 Å². The second kappa shape index (κ2) is 3.60. The van der Waals surface area contributed by atoms with E-state index in [1.54, 1.807) is 0 Å². The molecular weight excluding hydrogens is 279 g/mol. The zero-order valence-electron chi connectivity index (χ0n) is 6.76. The van der Waals surface area contributed by atoms with Crippen molar-refractivity contribution in [2.75, 3.05) is 0 Å². The van der Waals surface area contributed by atoms with Gasteiger partial charge in [-0.15, -0.1) is 0 Å². The Kier molecular flexibility index (Phi) is 3.42. The molecule has 0 spiro atoms. The van der Waals surface area contributed by atoms with Crippen molar-refractivity contribution in [2.24, 2.45) is 0 Å². The van der Waals surface area contributed by atoms with Crippen LogP contribution < -0.4 is 0 Å². The molecule has 0 saturated carbocycles. The SMILES string of the molecule is O=C(O)C(F)(F)C(F)(F)C(F)(F)C(F)(F)Cl. The second-order valence-corrected chi connectivity index (χ2v) is 3.00. The molecule has 96 valence electrons. The highest BCUT2D eigenvalue weighted by molar-refractivity contribution is 6.22. The smallest absolute Gasteiger partial charge is 0.410 e. The minimum atomic E-state index is -6.85. The standard InChI is InChI=1S/C5HClF8O2/c6-5(13,14)4(11,12)3(9,10)2(7,8)1(15)16/h(H,15,16). The Bertz CT molecular complexity index is 295. The number of halogens is 9. The lowest BCUT2D eigenvalue weighted by molar-refractivity contribution is -0.341. The van der Waals surface area contributed by atoms with Crippen LogP contribution in [-0.2, 0) is 4.79 Å². The van der Waals surface area contributed by atoms with Crippen LogP contribution in [-0.4, -0.2) is 34.2 Å². The molecule has 0 amide bonds. The molecule has 11 heteroatoms. The van der Waals surface area contributed by atoms with E-state index in [-0.39, 0.29) is 0 Å². The first-order valence-corrected chi connectivity index (χ1v) is 3.51. The molecule has 0 bridgehead atoms. The van der Waals surface area contributed by atoms with Crippen LogP contribution in [0.2, 0.25) is 0 Å². The van der Waals surface area contributed by atoms with Gasteiger partial charge in [0.05, 0.1) is 0 Å². The highest BCUT2D eigenvalue weighted by Crippen LogP contribution is 2.53. The summed E-state index contributed by atoms with van der Waals surface area (Å²) < 4.78 is 96.8. The summed E-state index contributed by atoms with van der Waals surface area (Å²) in [6.07, 6.45) is 0. The van der Waals surface area contributed by atoms with Gasteiger partial charge in [0.25, 0.3) is 0 Å². The van der Waals surface area contributed by atoms with Crippen molar-refractivity contribution in [3.05, 3.63) is 0 Å². The number of hydrogen-bond donors (Lipinski definition) is 1. The number of carbonyl (C=O) groups is 1. The molecule has 0 heterocycles. The maximum absolute atomic E-state index is 12.3. The normalized spacial score (nSPS) is 15.1. The molecule has 0 unspecified atom stereocenters. The van der Waals surface area contributed by atoms with E-state index >= 15 is 0 Å². The van der Waals surface area contributed by atoms with Crippen LogP contribution in [0.25, 0.3) is 0 Å². The summed E-state index contributed by atoms with van der Waals surface area (Å²) >= 11 is 3.53. The fraction of sp³-hybridized carbons (Fsp3) is 0.800. The quantitative estimate of drug-likeness (QED) is 0.635. The molecule has 0 aromatic heterocycles. The summed E-state index contributed by atoms with van der Waals surface area (Å²) in [5.41, 5.74) is 0. The molecule has 16 heavy (non-hydrogen) atoms. The minimum absolute atomic E-state index is 3.53. The molecule has 0 aliphatic rings. The highest BCUT2D eigenvalue weighted by Gasteiger charge is 2.82. The molecule has 2 nitrogen and oxygen atoms in total. The number of carboxylic acids is 1. The maximum Gasteiger partial charge on any atom is 0.410 e. The summed E-state index contributed by atoms with van der Waals surface area (Å²) in [4.78, 5) is 9.59. The van der Waals surface area contributed by atoms with E-state index in [0.717, 1.165) is 0 Å². The van der Waals surface area contributed by atoms with Crippen molar-refractivity contribution in [3.8, 4) is 0 Å². The van der Waals surface area contributed by atoms with Gasteiger partial charge in [-0.05, 0) is 11.6 Å². The molecule has 0 saturated heterocycles. The van der Waals surface area contributed by atoms with E-state index in [4.69, 9.17) is 5.11 Å². The number of alkyl halides is 9. The van der Waals surface area contributed by atoms with Crippen molar-refractivity contribution >= 4 is 17.6 Å². The Morgan fingerprint density at radius 2 is 1.19 bits per heavy atom. The Balaban J connectivity index is 5.62. The molecule has 1 N–H and O–H groups in total. The predicted molar refractivity (Wildman–Crippen MR) is 33.3 cm³/mol. The maximum atomic E-state index is 12.3. The molecule has 0 atom stereocenters. The molecule has 0 fully saturated rings. The number of aliphatic carboxylic acids is 1. The summed E-state index contributed by atoms with van der Waals surface area (Å²) in [7, 11) is 0. The second-order valence-electron chi connectivity index (χ2n) is 2.53. The molecule has 0 aromatic carbocycles. The molecule has 0 aliphatic carbocycles. The Hall–Kier alpha value is -0.800. The van der Waals surface area contributed by atoms with E-state index in [2.05, 4.69) is 11.6 Å². The summed E-state index contributed by atoms with van der Waals surface area (Å²) in [5, 5.41) is 1.52. The lowest BCUT2D eigenvalue weighted by atomic mass is 10.1. The lowest BCUT2D eigenvalue weighted by Crippen LogP contribution is -2.63. The van der Waals surface area contributed by atoms with Crippen LogP contribution >= 0.6 is 11.6 Å². The van der Waals surface area contributed by atoms with Crippen molar-refractivity contribution in [1.29, 1.82) is 0 Å². The largest absolute Gasteiger partial charge is 0.477 e. The van der Waals surface area contributed by atoms with Crippen LogP contribution in [0.15, 0.2) is 0 Å². The first kappa shape index (κ1) is 15.2. The van der Waals surface area contributed by atoms with Gasteiger partial charge in [-0.25, -0.2) is 4.79 Å². The van der Waals surface area contributed by atoms with Crippen LogP contribution in [0, 0.1) is 0 Å². The summed E-state index contributed by atoms with van der Waals surface area (Å²) in [6, 6.07) is 0. The first-order valence-electron chi connectivity index (χ1n) is 3.13. The molecule has 0 rings (SSSR count). The number of rotatable bonds is 4. The zero-order chi connectivity index (χ0) is 13.6. The number of hydrogen-bond acceptors (Lipinski definition) is 1. The topological polar surface area (TPSA) is 37.3 Å². The Morgan fingerprint density at radius 3 is 1.38 bits per heavy atom. The lowest BCUT2D eigenvalue weighted by Gasteiger charge is -2.32. The van der Waals surface area contributed by atoms with Crippen LogP contribution in [0.5, 0.6) is 0 Å². The van der Waals surface area contributed by atoms with Crippen molar-refractivity contribution in [3.63, 3.8) is 0 Å². The van der Waals surface area contributed by atoms with Crippen molar-refractivity contribution in [2.45, 2.75) is 23.1 Å². The van der Waals surface area contributed by atoms with Gasteiger partial charge in [0, 0.05) is 0 Å². The zero-order valence-corrected chi connectivity index (χ0v) is 7.51. The minimum Gasteiger partial charge on any atom is -0.477 e. The average Bonchev–Trinajstić information content (AvgIpc) is 2.00.